The van der Waals surface area contributed by atoms with Gasteiger partial charge >= 0.3 is 0 Å². The Kier molecular flexibility index (Phi) is 6.92. The highest BCUT2D eigenvalue weighted by molar-refractivity contribution is 7.99. The Morgan fingerprint density at radius 3 is 2.62 bits per heavy atom. The van der Waals surface area contributed by atoms with E-state index in [0.29, 0.717) is 39.6 Å². The van der Waals surface area contributed by atoms with Crippen LogP contribution in [-0.4, -0.2) is 53.3 Å². The quantitative estimate of drug-likeness (QED) is 0.178. The first kappa shape index (κ1) is 23.0. The summed E-state index contributed by atoms with van der Waals surface area (Å²) in [6, 6.07) is 10.6. The summed E-state index contributed by atoms with van der Waals surface area (Å²) in [7, 11) is 3.08. The fourth-order valence-electron chi connectivity index (χ4n) is 2.98. The number of aromatic nitrogens is 3. The van der Waals surface area contributed by atoms with Gasteiger partial charge in [0.25, 0.3) is 5.95 Å². The number of hydrogen-bond acceptors (Lipinski definition) is 11. The van der Waals surface area contributed by atoms with Crippen LogP contribution in [-0.2, 0) is 4.79 Å². The van der Waals surface area contributed by atoms with Crippen LogP contribution in [0.2, 0.25) is 0 Å². The summed E-state index contributed by atoms with van der Waals surface area (Å²) in [6.07, 6.45) is 0. The summed E-state index contributed by atoms with van der Waals surface area (Å²) < 4.78 is 22.4. The molecule has 12 nitrogen and oxygen atoms in total. The van der Waals surface area contributed by atoms with Gasteiger partial charge in [-0.1, -0.05) is 11.8 Å². The number of hydrogen-bond donors (Lipinski definition) is 3. The third kappa shape index (κ3) is 5.26. The number of benzene rings is 2. The van der Waals surface area contributed by atoms with E-state index in [1.54, 1.807) is 18.2 Å². The third-order valence-corrected chi connectivity index (χ3v) is 5.69. The highest BCUT2D eigenvalue weighted by Crippen LogP contribution is 2.32. The molecule has 4 N–H and O–H groups in total. The standard InChI is InChI=1S/C21H23N7O5S/c1-12(13-4-5-17-18(6-13)33-11-32-17)24-25-20-26-27-21(28(20)22)34-10-19(29)23-14-7-15(30-2)9-16(8-14)31-3/h4-9H,10-11,22H2,1-3H3,(H,23,29)(H,25,26)/b24-12+. The first-order chi connectivity index (χ1) is 16.5. The van der Waals surface area contributed by atoms with Crippen molar-refractivity contribution in [2.45, 2.75) is 12.1 Å². The molecule has 3 aromatic rings. The number of carbonyl (C=O) groups excluding carboxylic acids is 1. The van der Waals surface area contributed by atoms with Crippen LogP contribution < -0.4 is 35.5 Å². The first-order valence-electron chi connectivity index (χ1n) is 10.0. The van der Waals surface area contributed by atoms with Gasteiger partial charge in [-0.3, -0.25) is 4.79 Å². The summed E-state index contributed by atoms with van der Waals surface area (Å²) in [6.45, 7) is 2.03. The second kappa shape index (κ2) is 10.2. The molecule has 0 unspecified atom stereocenters. The van der Waals surface area contributed by atoms with E-state index in [2.05, 4.69) is 26.0 Å². The number of rotatable bonds is 9. The lowest BCUT2D eigenvalue weighted by Crippen LogP contribution is -2.17. The molecule has 0 atom stereocenters. The molecule has 178 valence electrons. The number of anilines is 2. The molecular formula is C21H23N7O5S. The molecule has 0 radical (unpaired) electrons. The van der Waals surface area contributed by atoms with Gasteiger partial charge in [0, 0.05) is 29.4 Å². The molecule has 34 heavy (non-hydrogen) atoms. The molecule has 0 fully saturated rings. The highest BCUT2D eigenvalue weighted by atomic mass is 32.2. The predicted molar refractivity (Wildman–Crippen MR) is 127 cm³/mol. The molecule has 0 spiro atoms. The van der Waals surface area contributed by atoms with Crippen molar-refractivity contribution < 1.29 is 23.7 Å². The molecule has 0 bridgehead atoms. The van der Waals surface area contributed by atoms with Crippen LogP contribution in [0.25, 0.3) is 0 Å². The molecule has 1 aliphatic heterocycles. The van der Waals surface area contributed by atoms with Crippen LogP contribution in [0.15, 0.2) is 46.7 Å². The first-order valence-corrected chi connectivity index (χ1v) is 11.0. The van der Waals surface area contributed by atoms with Crippen molar-refractivity contribution in [3.8, 4) is 23.0 Å². The van der Waals surface area contributed by atoms with Crippen molar-refractivity contribution in [2.24, 2.45) is 5.10 Å². The summed E-state index contributed by atoms with van der Waals surface area (Å²) in [4.78, 5) is 12.4. The summed E-state index contributed by atoms with van der Waals surface area (Å²) in [5.41, 5.74) is 4.87. The largest absolute Gasteiger partial charge is 0.497 e. The molecule has 1 aromatic heterocycles. The molecule has 13 heteroatoms. The van der Waals surface area contributed by atoms with Gasteiger partial charge in [0.05, 0.1) is 25.7 Å². The Labute approximate surface area is 199 Å². The molecule has 1 aliphatic rings. The van der Waals surface area contributed by atoms with Gasteiger partial charge in [-0.25, -0.2) is 10.1 Å². The van der Waals surface area contributed by atoms with E-state index < -0.39 is 0 Å². The highest BCUT2D eigenvalue weighted by Gasteiger charge is 2.15. The smallest absolute Gasteiger partial charge is 0.264 e. The molecule has 0 saturated carbocycles. The van der Waals surface area contributed by atoms with E-state index in [4.69, 9.17) is 24.8 Å². The van der Waals surface area contributed by atoms with Gasteiger partial charge < -0.3 is 30.1 Å². The monoisotopic (exact) mass is 485 g/mol. The minimum Gasteiger partial charge on any atom is -0.497 e. The van der Waals surface area contributed by atoms with E-state index >= 15 is 0 Å². The maximum atomic E-state index is 12.4. The topological polar surface area (TPSA) is 147 Å². The van der Waals surface area contributed by atoms with Crippen LogP contribution in [0.4, 0.5) is 11.6 Å². The van der Waals surface area contributed by atoms with Gasteiger partial charge in [-0.2, -0.15) is 5.10 Å². The maximum Gasteiger partial charge on any atom is 0.264 e. The average molecular weight is 486 g/mol. The molecule has 1 amide bonds. The Hall–Kier alpha value is -4.13. The minimum absolute atomic E-state index is 0.0638. The summed E-state index contributed by atoms with van der Waals surface area (Å²) in [5.74, 6) is 8.58. The zero-order chi connectivity index (χ0) is 24.1. The van der Waals surface area contributed by atoms with Crippen LogP contribution >= 0.6 is 11.8 Å². The Bertz CT molecular complexity index is 1210. The molecule has 2 aromatic carbocycles. The predicted octanol–water partition coefficient (Wildman–Crippen LogP) is 2.30. The second-order valence-corrected chi connectivity index (χ2v) is 7.93. The van der Waals surface area contributed by atoms with Gasteiger partial charge in [-0.15, -0.1) is 10.2 Å². The van der Waals surface area contributed by atoms with Crippen LogP contribution in [0.3, 0.4) is 0 Å². The number of nitrogens with zero attached hydrogens (tertiary/aromatic N) is 4. The van der Waals surface area contributed by atoms with Crippen LogP contribution in [0.5, 0.6) is 23.0 Å². The second-order valence-electron chi connectivity index (χ2n) is 6.99. The number of nitrogen functional groups attached to an aromatic ring is 1. The number of nitrogens with one attached hydrogen (secondary N) is 2. The molecule has 4 rings (SSSR count). The van der Waals surface area contributed by atoms with Gasteiger partial charge in [0.15, 0.2) is 11.5 Å². The normalized spacial score (nSPS) is 12.4. The average Bonchev–Trinajstić information content (AvgIpc) is 3.46. The lowest BCUT2D eigenvalue weighted by Gasteiger charge is -2.09. The van der Waals surface area contributed by atoms with Crippen molar-refractivity contribution >= 4 is 35.0 Å². The Morgan fingerprint density at radius 1 is 1.15 bits per heavy atom. The number of amides is 1. The van der Waals surface area contributed by atoms with E-state index in [0.717, 1.165) is 17.3 Å². The van der Waals surface area contributed by atoms with E-state index in [9.17, 15) is 4.79 Å². The molecular weight excluding hydrogens is 462 g/mol. The van der Waals surface area contributed by atoms with E-state index in [-0.39, 0.29) is 24.4 Å². The number of methoxy groups -OCH3 is 2. The van der Waals surface area contributed by atoms with Gasteiger partial charge in [0.1, 0.15) is 11.5 Å². The van der Waals surface area contributed by atoms with Gasteiger partial charge in [-0.05, 0) is 25.1 Å². The fraction of sp³-hybridized carbons (Fsp3) is 0.238. The van der Waals surface area contributed by atoms with Crippen LogP contribution in [0.1, 0.15) is 12.5 Å². The van der Waals surface area contributed by atoms with Gasteiger partial charge in [0.2, 0.25) is 17.9 Å². The Balaban J connectivity index is 1.34. The van der Waals surface area contributed by atoms with Crippen molar-refractivity contribution in [1.29, 1.82) is 0 Å². The number of hydrazone groups is 1. The maximum absolute atomic E-state index is 12.4. The molecule has 0 saturated heterocycles. The van der Waals surface area contributed by atoms with E-state index in [1.165, 1.54) is 18.9 Å². The van der Waals surface area contributed by atoms with Crippen molar-refractivity contribution in [1.82, 2.24) is 14.9 Å². The lowest BCUT2D eigenvalue weighted by molar-refractivity contribution is -0.113. The fourth-order valence-corrected chi connectivity index (χ4v) is 3.63. The number of ether oxygens (including phenoxy) is 4. The van der Waals surface area contributed by atoms with E-state index in [1.807, 2.05) is 25.1 Å². The van der Waals surface area contributed by atoms with Crippen LogP contribution in [0, 0.1) is 0 Å². The minimum atomic E-state index is -0.255. The number of nitrogens with two attached hydrogens (primary N) is 1. The number of fused-ring (bicyclic) bond motifs is 1. The summed E-state index contributed by atoms with van der Waals surface area (Å²) in [5, 5.41) is 15.4. The number of carbonyl (C=O) groups is 1. The summed E-state index contributed by atoms with van der Waals surface area (Å²) >= 11 is 1.13. The van der Waals surface area contributed by atoms with Crippen molar-refractivity contribution in [2.75, 3.05) is 43.4 Å². The van der Waals surface area contributed by atoms with Crippen molar-refractivity contribution in [3.63, 3.8) is 0 Å². The zero-order valence-corrected chi connectivity index (χ0v) is 19.5. The number of thioether (sulfide) groups is 1. The SMILES string of the molecule is COc1cc(NC(=O)CSc2nnc(N/N=C(\C)c3ccc4c(c3)OCO4)n2N)cc(OC)c1. The molecule has 2 heterocycles. The van der Waals surface area contributed by atoms with Crippen molar-refractivity contribution in [3.05, 3.63) is 42.0 Å². The molecule has 0 aliphatic carbocycles. The Morgan fingerprint density at radius 2 is 1.88 bits per heavy atom. The lowest BCUT2D eigenvalue weighted by atomic mass is 10.1. The third-order valence-electron chi connectivity index (χ3n) is 4.75. The zero-order valence-electron chi connectivity index (χ0n) is 18.7.